The highest BCUT2D eigenvalue weighted by molar-refractivity contribution is 5.65. The molecule has 0 fully saturated rings. The van der Waals surface area contributed by atoms with Crippen molar-refractivity contribution in [2.75, 3.05) is 5.73 Å². The summed E-state index contributed by atoms with van der Waals surface area (Å²) in [6.45, 7) is 4.03. The Hall–Kier alpha value is -2.10. The first kappa shape index (κ1) is 10.4. The normalized spacial score (nSPS) is 10.4. The fraction of sp³-hybridized carbons (Fsp3) is 0.167. The van der Waals surface area contributed by atoms with Crippen LogP contribution in [0.15, 0.2) is 29.1 Å². The highest BCUT2D eigenvalue weighted by Gasteiger charge is 2.06. The van der Waals surface area contributed by atoms with Gasteiger partial charge in [0, 0.05) is 11.6 Å². The molecule has 0 bridgehead atoms. The van der Waals surface area contributed by atoms with Crippen LogP contribution < -0.4 is 11.3 Å². The number of nitrogens with two attached hydrogens (primary N) is 1. The standard InChI is InChI=1S/C12H13N3O/c1-7-4-3-5-9(8(7)2)10-6-11(16)15-12(13)14-10/h3-6H,1-2H3,(H3,13,14,15,16). The Morgan fingerprint density at radius 1 is 1.31 bits per heavy atom. The van der Waals surface area contributed by atoms with Crippen LogP contribution in [0.4, 0.5) is 5.95 Å². The lowest BCUT2D eigenvalue weighted by Gasteiger charge is -2.07. The number of aryl methyl sites for hydroxylation is 1. The van der Waals surface area contributed by atoms with Gasteiger partial charge in [0.1, 0.15) is 0 Å². The fourth-order valence-corrected chi connectivity index (χ4v) is 1.64. The van der Waals surface area contributed by atoms with Crippen molar-refractivity contribution < 1.29 is 0 Å². The third kappa shape index (κ3) is 1.82. The molecule has 0 unspecified atom stereocenters. The molecule has 2 aromatic rings. The largest absolute Gasteiger partial charge is 0.369 e. The van der Waals surface area contributed by atoms with E-state index in [4.69, 9.17) is 5.73 Å². The summed E-state index contributed by atoms with van der Waals surface area (Å²) in [4.78, 5) is 17.9. The van der Waals surface area contributed by atoms with Gasteiger partial charge in [-0.05, 0) is 25.0 Å². The van der Waals surface area contributed by atoms with Gasteiger partial charge in [-0.3, -0.25) is 9.78 Å². The van der Waals surface area contributed by atoms with E-state index in [1.165, 1.54) is 6.07 Å². The van der Waals surface area contributed by atoms with E-state index in [2.05, 4.69) is 9.97 Å². The van der Waals surface area contributed by atoms with Crippen molar-refractivity contribution in [3.05, 3.63) is 45.7 Å². The summed E-state index contributed by atoms with van der Waals surface area (Å²) in [5.74, 6) is 0.142. The number of nitrogen functional groups attached to an aromatic ring is 1. The monoisotopic (exact) mass is 215 g/mol. The third-order valence-corrected chi connectivity index (χ3v) is 2.64. The minimum Gasteiger partial charge on any atom is -0.369 e. The molecule has 0 aliphatic carbocycles. The van der Waals surface area contributed by atoms with Crippen molar-refractivity contribution in [2.45, 2.75) is 13.8 Å². The van der Waals surface area contributed by atoms with Gasteiger partial charge in [0.2, 0.25) is 5.95 Å². The predicted molar refractivity (Wildman–Crippen MR) is 64.2 cm³/mol. The van der Waals surface area contributed by atoms with E-state index in [1.807, 2.05) is 32.0 Å². The van der Waals surface area contributed by atoms with Crippen molar-refractivity contribution in [1.82, 2.24) is 9.97 Å². The van der Waals surface area contributed by atoms with E-state index in [9.17, 15) is 4.79 Å². The number of benzene rings is 1. The number of hydrogen-bond acceptors (Lipinski definition) is 3. The van der Waals surface area contributed by atoms with Gasteiger partial charge in [0.15, 0.2) is 0 Å². The summed E-state index contributed by atoms with van der Waals surface area (Å²) >= 11 is 0. The van der Waals surface area contributed by atoms with Crippen LogP contribution in [-0.4, -0.2) is 9.97 Å². The van der Waals surface area contributed by atoms with Crippen LogP contribution in [0.3, 0.4) is 0 Å². The van der Waals surface area contributed by atoms with Crippen molar-refractivity contribution >= 4 is 5.95 Å². The Labute approximate surface area is 93.2 Å². The minimum atomic E-state index is -0.233. The number of nitrogens with one attached hydrogen (secondary N) is 1. The Morgan fingerprint density at radius 2 is 2.06 bits per heavy atom. The molecule has 0 radical (unpaired) electrons. The lowest BCUT2D eigenvalue weighted by atomic mass is 10.0. The molecule has 0 saturated carbocycles. The first-order valence-electron chi connectivity index (χ1n) is 5.01. The van der Waals surface area contributed by atoms with E-state index in [-0.39, 0.29) is 11.5 Å². The summed E-state index contributed by atoms with van der Waals surface area (Å²) in [6, 6.07) is 7.35. The lowest BCUT2D eigenvalue weighted by Crippen LogP contribution is -2.10. The average Bonchev–Trinajstić information content (AvgIpc) is 2.20. The van der Waals surface area contributed by atoms with Gasteiger partial charge in [-0.25, -0.2) is 4.98 Å². The second-order valence-corrected chi connectivity index (χ2v) is 3.76. The zero-order valence-electron chi connectivity index (χ0n) is 9.24. The number of anilines is 1. The van der Waals surface area contributed by atoms with Gasteiger partial charge in [-0.2, -0.15) is 0 Å². The van der Waals surface area contributed by atoms with E-state index in [0.29, 0.717) is 5.69 Å². The molecule has 1 aromatic heterocycles. The van der Waals surface area contributed by atoms with E-state index in [0.717, 1.165) is 16.7 Å². The Kier molecular flexibility index (Phi) is 2.48. The average molecular weight is 215 g/mol. The smallest absolute Gasteiger partial charge is 0.252 e. The predicted octanol–water partition coefficient (Wildman–Crippen LogP) is 1.64. The number of aromatic amines is 1. The SMILES string of the molecule is Cc1cccc(-c2cc(=O)[nH]c(N)n2)c1C. The maximum absolute atomic E-state index is 11.3. The molecule has 0 spiro atoms. The second kappa shape index (κ2) is 3.81. The number of H-pyrrole nitrogens is 1. The number of hydrogen-bond donors (Lipinski definition) is 2. The van der Waals surface area contributed by atoms with E-state index in [1.54, 1.807) is 0 Å². The van der Waals surface area contributed by atoms with Crippen LogP contribution in [0.5, 0.6) is 0 Å². The molecule has 4 nitrogen and oxygen atoms in total. The third-order valence-electron chi connectivity index (χ3n) is 2.64. The van der Waals surface area contributed by atoms with E-state index < -0.39 is 0 Å². The van der Waals surface area contributed by atoms with E-state index >= 15 is 0 Å². The summed E-state index contributed by atoms with van der Waals surface area (Å²) in [7, 11) is 0. The van der Waals surface area contributed by atoms with Crippen molar-refractivity contribution in [3.8, 4) is 11.3 Å². The minimum absolute atomic E-state index is 0.142. The fourth-order valence-electron chi connectivity index (χ4n) is 1.64. The molecule has 4 heteroatoms. The first-order chi connectivity index (χ1) is 7.58. The molecular formula is C12H13N3O. The molecule has 0 atom stereocenters. The summed E-state index contributed by atoms with van der Waals surface area (Å²) in [6.07, 6.45) is 0. The Morgan fingerprint density at radius 3 is 2.75 bits per heavy atom. The highest BCUT2D eigenvalue weighted by atomic mass is 16.1. The molecule has 0 aliphatic heterocycles. The van der Waals surface area contributed by atoms with Gasteiger partial charge in [0.25, 0.3) is 5.56 Å². The van der Waals surface area contributed by atoms with Gasteiger partial charge in [-0.1, -0.05) is 18.2 Å². The summed E-state index contributed by atoms with van der Waals surface area (Å²) < 4.78 is 0. The zero-order valence-corrected chi connectivity index (χ0v) is 9.24. The molecule has 82 valence electrons. The number of rotatable bonds is 1. The Bertz CT molecular complexity index is 587. The van der Waals surface area contributed by atoms with Crippen LogP contribution in [-0.2, 0) is 0 Å². The first-order valence-corrected chi connectivity index (χ1v) is 5.01. The maximum Gasteiger partial charge on any atom is 0.252 e. The van der Waals surface area contributed by atoms with Crippen LogP contribution in [0.25, 0.3) is 11.3 Å². The maximum atomic E-state index is 11.3. The van der Waals surface area contributed by atoms with Crippen molar-refractivity contribution in [3.63, 3.8) is 0 Å². The molecule has 16 heavy (non-hydrogen) atoms. The van der Waals surface area contributed by atoms with Crippen LogP contribution in [0.2, 0.25) is 0 Å². The molecule has 0 amide bonds. The Balaban J connectivity index is 2.67. The second-order valence-electron chi connectivity index (χ2n) is 3.76. The molecule has 2 rings (SSSR count). The summed E-state index contributed by atoms with van der Waals surface area (Å²) in [5, 5.41) is 0. The van der Waals surface area contributed by atoms with Crippen LogP contribution >= 0.6 is 0 Å². The van der Waals surface area contributed by atoms with Gasteiger partial charge < -0.3 is 5.73 Å². The van der Waals surface area contributed by atoms with Gasteiger partial charge >= 0.3 is 0 Å². The topological polar surface area (TPSA) is 71.8 Å². The molecule has 3 N–H and O–H groups in total. The number of aromatic nitrogens is 2. The summed E-state index contributed by atoms with van der Waals surface area (Å²) in [5.41, 5.74) is 9.12. The lowest BCUT2D eigenvalue weighted by molar-refractivity contribution is 1.14. The molecule has 0 saturated heterocycles. The van der Waals surface area contributed by atoms with Crippen molar-refractivity contribution in [1.29, 1.82) is 0 Å². The van der Waals surface area contributed by atoms with Crippen LogP contribution in [0.1, 0.15) is 11.1 Å². The van der Waals surface area contributed by atoms with Gasteiger partial charge in [-0.15, -0.1) is 0 Å². The van der Waals surface area contributed by atoms with Crippen LogP contribution in [0, 0.1) is 13.8 Å². The molecular weight excluding hydrogens is 202 g/mol. The molecule has 1 aromatic carbocycles. The number of nitrogens with zero attached hydrogens (tertiary/aromatic N) is 1. The van der Waals surface area contributed by atoms with Gasteiger partial charge in [0.05, 0.1) is 5.69 Å². The van der Waals surface area contributed by atoms with Crippen molar-refractivity contribution in [2.24, 2.45) is 0 Å². The highest BCUT2D eigenvalue weighted by Crippen LogP contribution is 2.22. The molecule has 1 heterocycles. The quantitative estimate of drug-likeness (QED) is 0.759. The zero-order chi connectivity index (χ0) is 11.7. The molecule has 0 aliphatic rings.